The van der Waals surface area contributed by atoms with Crippen molar-refractivity contribution >= 4 is 39.1 Å². The summed E-state index contributed by atoms with van der Waals surface area (Å²) in [5.74, 6) is -0.348. The van der Waals surface area contributed by atoms with Crippen LogP contribution in [0.15, 0.2) is 42.5 Å². The van der Waals surface area contributed by atoms with Gasteiger partial charge in [-0.2, -0.15) is 0 Å². The Morgan fingerprint density at radius 2 is 1.76 bits per heavy atom. The number of carbonyl (C=O) groups is 2. The monoisotopic (exact) mass is 561 g/mol. The van der Waals surface area contributed by atoms with Crippen molar-refractivity contribution in [3.8, 4) is 0 Å². The molecule has 7 nitrogen and oxygen atoms in total. The minimum absolute atomic E-state index is 0.106. The summed E-state index contributed by atoms with van der Waals surface area (Å²) >= 11 is 6.41. The van der Waals surface area contributed by atoms with Crippen molar-refractivity contribution < 1.29 is 18.0 Å². The third-order valence-electron chi connectivity index (χ3n) is 7.32. The minimum atomic E-state index is -3.54. The molecule has 1 aliphatic rings. The van der Waals surface area contributed by atoms with E-state index in [2.05, 4.69) is 5.32 Å². The number of hydrogen-bond acceptors (Lipinski definition) is 4. The number of sulfonamides is 1. The molecule has 1 aliphatic carbocycles. The summed E-state index contributed by atoms with van der Waals surface area (Å²) in [5.41, 5.74) is 3.42. The number of rotatable bonds is 12. The lowest BCUT2D eigenvalue weighted by Gasteiger charge is -2.32. The van der Waals surface area contributed by atoms with Crippen molar-refractivity contribution in [1.29, 1.82) is 0 Å². The number of benzene rings is 2. The number of halogens is 1. The van der Waals surface area contributed by atoms with Gasteiger partial charge >= 0.3 is 0 Å². The summed E-state index contributed by atoms with van der Waals surface area (Å²) in [6.45, 7) is 6.19. The second-order valence-corrected chi connectivity index (χ2v) is 12.5. The van der Waals surface area contributed by atoms with Crippen LogP contribution in [0.25, 0.3) is 0 Å². The van der Waals surface area contributed by atoms with Crippen LogP contribution in [-0.4, -0.2) is 50.0 Å². The molecule has 2 aromatic carbocycles. The molecule has 0 radical (unpaired) electrons. The van der Waals surface area contributed by atoms with E-state index in [4.69, 9.17) is 11.6 Å². The first-order valence-electron chi connectivity index (χ1n) is 13.4. The Bertz CT molecular complexity index is 1230. The quantitative estimate of drug-likeness (QED) is 0.377. The molecule has 0 unspecified atom stereocenters. The van der Waals surface area contributed by atoms with Crippen LogP contribution in [0.2, 0.25) is 5.02 Å². The summed E-state index contributed by atoms with van der Waals surface area (Å²) < 4.78 is 26.5. The molecule has 1 N–H and O–H groups in total. The molecule has 0 heterocycles. The number of aryl methyl sites for hydroxylation is 2. The molecule has 38 heavy (non-hydrogen) atoms. The van der Waals surface area contributed by atoms with Gasteiger partial charge in [0, 0.05) is 30.6 Å². The molecule has 2 amide bonds. The molecule has 0 aliphatic heterocycles. The highest BCUT2D eigenvalue weighted by Crippen LogP contribution is 2.24. The topological polar surface area (TPSA) is 86.8 Å². The fourth-order valence-corrected chi connectivity index (χ4v) is 6.13. The van der Waals surface area contributed by atoms with Crippen LogP contribution in [0.5, 0.6) is 0 Å². The van der Waals surface area contributed by atoms with Crippen molar-refractivity contribution in [3.05, 3.63) is 64.2 Å². The van der Waals surface area contributed by atoms with Crippen molar-refractivity contribution in [3.63, 3.8) is 0 Å². The van der Waals surface area contributed by atoms with Crippen LogP contribution in [0, 0.1) is 13.8 Å². The van der Waals surface area contributed by atoms with Crippen LogP contribution in [0.1, 0.15) is 68.6 Å². The average molecular weight is 562 g/mol. The van der Waals surface area contributed by atoms with E-state index in [0.717, 1.165) is 42.4 Å². The fraction of sp³-hybridized carbons (Fsp3) is 0.517. The molecule has 2 aromatic rings. The first-order valence-corrected chi connectivity index (χ1v) is 15.6. The fourth-order valence-electron chi connectivity index (χ4n) is 4.98. The van der Waals surface area contributed by atoms with E-state index in [9.17, 15) is 18.0 Å². The van der Waals surface area contributed by atoms with E-state index >= 15 is 0 Å². The molecule has 0 aromatic heterocycles. The standard InChI is InChI=1S/C29H40ClN3O4S/c1-5-27(29(35)31-24-12-7-8-13-24)32(20-23-11-6-9-14-26(23)30)28(34)15-10-18-33(38(4,36)37)25-17-16-21(2)22(3)19-25/h6,9,11,14,16-17,19,24,27H,5,7-8,10,12-13,15,18,20H2,1-4H3,(H,31,35)/t27-/m1/s1. The van der Waals surface area contributed by atoms with Gasteiger partial charge in [-0.1, -0.05) is 55.6 Å². The van der Waals surface area contributed by atoms with Crippen LogP contribution in [0.4, 0.5) is 5.69 Å². The number of nitrogens with zero attached hydrogens (tertiary/aromatic N) is 2. The van der Waals surface area contributed by atoms with Crippen LogP contribution in [-0.2, 0) is 26.2 Å². The zero-order valence-electron chi connectivity index (χ0n) is 22.9. The van der Waals surface area contributed by atoms with Crippen molar-refractivity contribution in [1.82, 2.24) is 10.2 Å². The second-order valence-electron chi connectivity index (χ2n) is 10.2. The highest BCUT2D eigenvalue weighted by atomic mass is 35.5. The van der Waals surface area contributed by atoms with E-state index in [1.165, 1.54) is 10.6 Å². The summed E-state index contributed by atoms with van der Waals surface area (Å²) in [5, 5.41) is 3.67. The maximum atomic E-state index is 13.6. The SMILES string of the molecule is CC[C@H](C(=O)NC1CCCC1)N(Cc1ccccc1Cl)C(=O)CCCN(c1ccc(C)c(C)c1)S(C)(=O)=O. The third kappa shape index (κ3) is 7.96. The van der Waals surface area contributed by atoms with E-state index in [0.29, 0.717) is 23.6 Å². The predicted octanol–water partition coefficient (Wildman–Crippen LogP) is 5.37. The van der Waals surface area contributed by atoms with Gasteiger partial charge in [-0.3, -0.25) is 13.9 Å². The first kappa shape index (κ1) is 30.0. The Morgan fingerprint density at radius 3 is 2.37 bits per heavy atom. The number of carbonyl (C=O) groups excluding carboxylic acids is 2. The van der Waals surface area contributed by atoms with Crippen LogP contribution < -0.4 is 9.62 Å². The first-order chi connectivity index (χ1) is 18.0. The number of anilines is 1. The van der Waals surface area contributed by atoms with Crippen molar-refractivity contribution in [2.75, 3.05) is 17.1 Å². The Kier molecular flexibility index (Phi) is 10.6. The van der Waals surface area contributed by atoms with Gasteiger partial charge in [-0.05, 0) is 74.4 Å². The maximum absolute atomic E-state index is 13.6. The number of amides is 2. The molecule has 9 heteroatoms. The minimum Gasteiger partial charge on any atom is -0.352 e. The molecule has 0 saturated heterocycles. The third-order valence-corrected chi connectivity index (χ3v) is 8.88. The van der Waals surface area contributed by atoms with Gasteiger partial charge in [0.2, 0.25) is 21.8 Å². The highest BCUT2D eigenvalue weighted by molar-refractivity contribution is 7.92. The summed E-state index contributed by atoms with van der Waals surface area (Å²) in [6, 6.07) is 12.4. The lowest BCUT2D eigenvalue weighted by atomic mass is 10.1. The van der Waals surface area contributed by atoms with E-state index < -0.39 is 16.1 Å². The predicted molar refractivity (Wildman–Crippen MR) is 154 cm³/mol. The van der Waals surface area contributed by atoms with Gasteiger partial charge in [-0.15, -0.1) is 0 Å². The zero-order valence-corrected chi connectivity index (χ0v) is 24.4. The number of hydrogen-bond donors (Lipinski definition) is 1. The summed E-state index contributed by atoms with van der Waals surface area (Å²) in [4.78, 5) is 28.5. The highest BCUT2D eigenvalue weighted by Gasteiger charge is 2.31. The van der Waals surface area contributed by atoms with Crippen molar-refractivity contribution in [2.45, 2.75) is 84.3 Å². The number of nitrogens with one attached hydrogen (secondary N) is 1. The Hall–Kier alpha value is -2.58. The lowest BCUT2D eigenvalue weighted by molar-refractivity contribution is -0.141. The van der Waals surface area contributed by atoms with E-state index in [1.807, 2.05) is 51.1 Å². The largest absolute Gasteiger partial charge is 0.352 e. The summed E-state index contributed by atoms with van der Waals surface area (Å²) in [7, 11) is -3.54. The van der Waals surface area contributed by atoms with E-state index in [1.54, 1.807) is 17.0 Å². The molecule has 208 valence electrons. The molecular formula is C29H40ClN3O4S. The second kappa shape index (κ2) is 13.5. The Labute approximate surface area is 232 Å². The molecule has 0 bridgehead atoms. The van der Waals surface area contributed by atoms with Gasteiger partial charge in [0.05, 0.1) is 11.9 Å². The Balaban J connectivity index is 1.77. The van der Waals surface area contributed by atoms with Gasteiger partial charge in [0.15, 0.2) is 0 Å². The zero-order chi connectivity index (χ0) is 27.9. The molecule has 3 rings (SSSR count). The van der Waals surface area contributed by atoms with E-state index in [-0.39, 0.29) is 37.4 Å². The maximum Gasteiger partial charge on any atom is 0.243 e. The van der Waals surface area contributed by atoms with Crippen LogP contribution in [0.3, 0.4) is 0 Å². The van der Waals surface area contributed by atoms with Gasteiger partial charge in [-0.25, -0.2) is 8.42 Å². The van der Waals surface area contributed by atoms with Crippen molar-refractivity contribution in [2.24, 2.45) is 0 Å². The molecule has 1 atom stereocenters. The van der Waals surface area contributed by atoms with Crippen LogP contribution >= 0.6 is 11.6 Å². The summed E-state index contributed by atoms with van der Waals surface area (Å²) in [6.07, 6.45) is 6.18. The smallest absolute Gasteiger partial charge is 0.243 e. The van der Waals surface area contributed by atoms with Gasteiger partial charge in [0.1, 0.15) is 6.04 Å². The van der Waals surface area contributed by atoms with Gasteiger partial charge < -0.3 is 10.2 Å². The molecular weight excluding hydrogens is 522 g/mol. The molecule has 1 saturated carbocycles. The Morgan fingerprint density at radius 1 is 1.08 bits per heavy atom. The van der Waals surface area contributed by atoms with Gasteiger partial charge in [0.25, 0.3) is 0 Å². The normalized spacial score (nSPS) is 14.8. The lowest BCUT2D eigenvalue weighted by Crippen LogP contribution is -2.51. The average Bonchev–Trinajstić information content (AvgIpc) is 3.37. The molecule has 1 fully saturated rings. The molecule has 0 spiro atoms.